The number of aryl methyl sites for hydroxylation is 1. The van der Waals surface area contributed by atoms with Crippen LogP contribution in [0.2, 0.25) is 5.02 Å². The van der Waals surface area contributed by atoms with Crippen molar-refractivity contribution in [1.29, 1.82) is 0 Å². The van der Waals surface area contributed by atoms with Crippen molar-refractivity contribution in [1.82, 2.24) is 4.90 Å². The van der Waals surface area contributed by atoms with Crippen LogP contribution < -0.4 is 0 Å². The number of fused-ring (bicyclic) bond motifs is 3. The maximum Gasteiger partial charge on any atom is 0.306 e. The van der Waals surface area contributed by atoms with Crippen LogP contribution in [0.1, 0.15) is 55.2 Å². The van der Waals surface area contributed by atoms with E-state index in [0.717, 1.165) is 37.3 Å². The minimum Gasteiger partial charge on any atom is -0.481 e. The van der Waals surface area contributed by atoms with Gasteiger partial charge in [0.15, 0.2) is 0 Å². The summed E-state index contributed by atoms with van der Waals surface area (Å²) >= 11 is 8.54. The Morgan fingerprint density at radius 1 is 1.03 bits per heavy atom. The van der Waals surface area contributed by atoms with Crippen molar-refractivity contribution < 1.29 is 14.7 Å². The van der Waals surface area contributed by atoms with Crippen molar-refractivity contribution in [3.63, 3.8) is 0 Å². The number of carboxylic acids is 1. The minimum atomic E-state index is -0.720. The first-order valence-corrected chi connectivity index (χ1v) is 13.4. The fraction of sp³-hybridized carbons (Fsp3) is 0.481. The second-order valence-electron chi connectivity index (χ2n) is 9.98. The van der Waals surface area contributed by atoms with Gasteiger partial charge in [0.05, 0.1) is 5.92 Å². The molecule has 0 radical (unpaired) electrons. The van der Waals surface area contributed by atoms with Gasteiger partial charge in [-0.2, -0.15) is 0 Å². The van der Waals surface area contributed by atoms with E-state index in [1.165, 1.54) is 20.3 Å². The molecule has 2 aromatic carbocycles. The van der Waals surface area contributed by atoms with E-state index in [0.29, 0.717) is 25.7 Å². The molecule has 2 atom stereocenters. The van der Waals surface area contributed by atoms with E-state index in [1.54, 1.807) is 0 Å². The Morgan fingerprint density at radius 3 is 2.42 bits per heavy atom. The Labute approximate surface area is 213 Å². The van der Waals surface area contributed by atoms with Gasteiger partial charge in [-0.15, -0.1) is 0 Å². The average Bonchev–Trinajstić information content (AvgIpc) is 3.19. The van der Waals surface area contributed by atoms with Crippen molar-refractivity contribution >= 4 is 46.1 Å². The zero-order chi connectivity index (χ0) is 23.2. The van der Waals surface area contributed by atoms with Crippen LogP contribution >= 0.6 is 34.2 Å². The molecule has 1 saturated carbocycles. The van der Waals surface area contributed by atoms with Crippen LogP contribution in [0.25, 0.3) is 0 Å². The molecule has 6 heteroatoms. The highest BCUT2D eigenvalue weighted by Crippen LogP contribution is 2.50. The lowest BCUT2D eigenvalue weighted by molar-refractivity contribution is -0.146. The van der Waals surface area contributed by atoms with E-state index in [9.17, 15) is 14.7 Å². The molecule has 2 fully saturated rings. The molecule has 4 nitrogen and oxygen atoms in total. The molecule has 1 saturated heterocycles. The number of aliphatic carboxylic acids is 1. The summed E-state index contributed by atoms with van der Waals surface area (Å²) < 4.78 is 1.26. The molecule has 3 aliphatic rings. The maximum absolute atomic E-state index is 13.7. The van der Waals surface area contributed by atoms with Crippen molar-refractivity contribution in [3.8, 4) is 0 Å². The standard InChI is InChI=1S/C27H29ClINO3/c28-21-8-1-17(2-9-21)16-27-13-14-30(25(31)18-3-5-19(6-4-18)26(32)33)24(27)12-7-20-15-22(29)10-11-23(20)27/h1-2,8-11,15,18-19,24H,3-7,12-14,16H2,(H,32,33). The minimum absolute atomic E-state index is 0.0370. The molecule has 2 unspecified atom stereocenters. The summed E-state index contributed by atoms with van der Waals surface area (Å²) in [6, 6.07) is 15.1. The zero-order valence-electron chi connectivity index (χ0n) is 18.6. The van der Waals surface area contributed by atoms with E-state index in [2.05, 4.69) is 57.8 Å². The molecule has 1 heterocycles. The highest BCUT2D eigenvalue weighted by molar-refractivity contribution is 14.1. The molecule has 2 aromatic rings. The van der Waals surface area contributed by atoms with Gasteiger partial charge >= 0.3 is 5.97 Å². The first kappa shape index (κ1) is 23.2. The second kappa shape index (κ2) is 9.21. The summed E-state index contributed by atoms with van der Waals surface area (Å²) in [4.78, 5) is 27.2. The number of amides is 1. The predicted octanol–water partition coefficient (Wildman–Crippen LogP) is 5.86. The van der Waals surface area contributed by atoms with Crippen LogP contribution in [-0.4, -0.2) is 34.5 Å². The van der Waals surface area contributed by atoms with E-state index < -0.39 is 5.97 Å². The Hall–Kier alpha value is -1.60. The van der Waals surface area contributed by atoms with Gasteiger partial charge in [0, 0.05) is 32.5 Å². The fourth-order valence-electron chi connectivity index (χ4n) is 6.59. The van der Waals surface area contributed by atoms with Crippen LogP contribution in [0.3, 0.4) is 0 Å². The van der Waals surface area contributed by atoms with E-state index in [-0.39, 0.29) is 29.2 Å². The molecular formula is C27H29ClINO3. The third kappa shape index (κ3) is 4.31. The van der Waals surface area contributed by atoms with Crippen LogP contribution in [-0.2, 0) is 27.8 Å². The van der Waals surface area contributed by atoms with Crippen molar-refractivity contribution in [3.05, 3.63) is 67.7 Å². The first-order chi connectivity index (χ1) is 15.9. The van der Waals surface area contributed by atoms with Gasteiger partial charge in [-0.3, -0.25) is 9.59 Å². The number of rotatable bonds is 4. The van der Waals surface area contributed by atoms with Crippen molar-refractivity contribution in [2.45, 2.75) is 62.8 Å². The number of benzene rings is 2. The third-order valence-corrected chi connectivity index (χ3v) is 9.17. The number of nitrogens with zero attached hydrogens (tertiary/aromatic N) is 1. The average molecular weight is 578 g/mol. The molecule has 5 rings (SSSR count). The van der Waals surface area contributed by atoms with Gasteiger partial charge in [-0.05, 0) is 115 Å². The van der Waals surface area contributed by atoms with Gasteiger partial charge in [0.25, 0.3) is 0 Å². The largest absolute Gasteiger partial charge is 0.481 e. The monoisotopic (exact) mass is 577 g/mol. The van der Waals surface area contributed by atoms with Crippen LogP contribution in [0.4, 0.5) is 0 Å². The number of hydrogen-bond acceptors (Lipinski definition) is 2. The summed E-state index contributed by atoms with van der Waals surface area (Å²) in [6.45, 7) is 0.779. The van der Waals surface area contributed by atoms with Crippen LogP contribution in [0, 0.1) is 15.4 Å². The lowest BCUT2D eigenvalue weighted by atomic mass is 9.64. The van der Waals surface area contributed by atoms with Gasteiger partial charge in [0.1, 0.15) is 0 Å². The number of hydrogen-bond donors (Lipinski definition) is 1. The Morgan fingerprint density at radius 2 is 1.73 bits per heavy atom. The molecule has 2 aliphatic carbocycles. The molecular weight excluding hydrogens is 549 g/mol. The highest BCUT2D eigenvalue weighted by atomic mass is 127. The maximum atomic E-state index is 13.7. The summed E-state index contributed by atoms with van der Waals surface area (Å²) in [5.74, 6) is -0.802. The summed E-state index contributed by atoms with van der Waals surface area (Å²) in [7, 11) is 0. The quantitative estimate of drug-likeness (QED) is 0.463. The molecule has 1 N–H and O–H groups in total. The smallest absolute Gasteiger partial charge is 0.306 e. The van der Waals surface area contributed by atoms with Crippen LogP contribution in [0.15, 0.2) is 42.5 Å². The number of carbonyl (C=O) groups excluding carboxylic acids is 1. The molecule has 33 heavy (non-hydrogen) atoms. The van der Waals surface area contributed by atoms with E-state index in [4.69, 9.17) is 11.6 Å². The molecule has 0 spiro atoms. The summed E-state index contributed by atoms with van der Waals surface area (Å²) in [5.41, 5.74) is 3.99. The predicted molar refractivity (Wildman–Crippen MR) is 138 cm³/mol. The fourth-order valence-corrected chi connectivity index (χ4v) is 7.27. The normalized spacial score (nSPS) is 28.8. The topological polar surface area (TPSA) is 57.6 Å². The number of carboxylic acid groups (broad SMARTS) is 1. The first-order valence-electron chi connectivity index (χ1n) is 11.9. The van der Waals surface area contributed by atoms with Gasteiger partial charge in [-0.1, -0.05) is 29.8 Å². The van der Waals surface area contributed by atoms with Gasteiger partial charge in [0.2, 0.25) is 5.91 Å². The number of likely N-dealkylation sites (tertiary alicyclic amines) is 1. The molecule has 0 aromatic heterocycles. The Balaban J connectivity index is 1.45. The van der Waals surface area contributed by atoms with Crippen molar-refractivity contribution in [2.75, 3.05) is 6.54 Å². The van der Waals surface area contributed by atoms with Gasteiger partial charge in [-0.25, -0.2) is 0 Å². The van der Waals surface area contributed by atoms with E-state index >= 15 is 0 Å². The molecule has 1 amide bonds. The number of halogens is 2. The molecule has 174 valence electrons. The van der Waals surface area contributed by atoms with Crippen LogP contribution in [0.5, 0.6) is 0 Å². The Kier molecular flexibility index (Phi) is 6.47. The lowest BCUT2D eigenvalue weighted by Crippen LogP contribution is -2.50. The number of carbonyl (C=O) groups is 2. The highest BCUT2D eigenvalue weighted by Gasteiger charge is 2.53. The lowest BCUT2D eigenvalue weighted by Gasteiger charge is -2.44. The van der Waals surface area contributed by atoms with Gasteiger partial charge < -0.3 is 10.0 Å². The summed E-state index contributed by atoms with van der Waals surface area (Å²) in [6.07, 6.45) is 6.45. The zero-order valence-corrected chi connectivity index (χ0v) is 21.5. The van der Waals surface area contributed by atoms with E-state index in [1.807, 2.05) is 12.1 Å². The SMILES string of the molecule is O=C(O)C1CCC(C(=O)N2CCC3(Cc4ccc(Cl)cc4)c4ccc(I)cc4CCC23)CC1. The second-order valence-corrected chi connectivity index (χ2v) is 11.7. The molecule has 1 aliphatic heterocycles. The third-order valence-electron chi connectivity index (χ3n) is 8.25. The summed E-state index contributed by atoms with van der Waals surface area (Å²) in [5, 5.41) is 10.1. The Bertz CT molecular complexity index is 1060. The molecule has 0 bridgehead atoms. The van der Waals surface area contributed by atoms with Crippen molar-refractivity contribution in [2.24, 2.45) is 11.8 Å².